The number of H-pyrrole nitrogens is 1. The Hall–Kier alpha value is -3.72. The maximum Gasteiger partial charge on any atom is 0.281 e. The van der Waals surface area contributed by atoms with Gasteiger partial charge in [0.25, 0.3) is 11.5 Å². The average molecular weight is 493 g/mol. The topological polar surface area (TPSA) is 106 Å². The first kappa shape index (κ1) is 23.0. The van der Waals surface area contributed by atoms with E-state index in [0.717, 1.165) is 11.3 Å². The first-order valence-corrected chi connectivity index (χ1v) is 12.0. The third-order valence-corrected chi connectivity index (χ3v) is 6.56. The number of piperidine rings is 1. The monoisotopic (exact) mass is 492 g/mol. The Kier molecular flexibility index (Phi) is 6.50. The molecule has 2 aromatic heterocycles. The van der Waals surface area contributed by atoms with Crippen LogP contribution >= 0.6 is 11.6 Å². The number of nitrogens with one attached hydrogen (secondary N) is 1. The van der Waals surface area contributed by atoms with Crippen LogP contribution in [0, 0.1) is 0 Å². The van der Waals surface area contributed by atoms with Crippen LogP contribution in [0.5, 0.6) is 5.75 Å². The van der Waals surface area contributed by atoms with Gasteiger partial charge < -0.3 is 14.6 Å². The number of benzene rings is 2. The predicted molar refractivity (Wildman–Crippen MR) is 132 cm³/mol. The minimum Gasteiger partial charge on any atom is -0.494 e. The Bertz CT molecular complexity index is 1410. The Morgan fingerprint density at radius 3 is 2.60 bits per heavy atom. The van der Waals surface area contributed by atoms with Crippen LogP contribution in [0.15, 0.2) is 53.3 Å². The molecule has 0 unspecified atom stereocenters. The van der Waals surface area contributed by atoms with E-state index in [1.165, 1.54) is 0 Å². The molecule has 1 amide bonds. The molecule has 0 saturated carbocycles. The van der Waals surface area contributed by atoms with Gasteiger partial charge in [-0.15, -0.1) is 5.10 Å². The highest BCUT2D eigenvalue weighted by Gasteiger charge is 2.27. The van der Waals surface area contributed by atoms with Crippen molar-refractivity contribution in [2.45, 2.75) is 32.2 Å². The molecule has 180 valence electrons. The quantitative estimate of drug-likeness (QED) is 0.440. The molecule has 3 heterocycles. The first-order chi connectivity index (χ1) is 17.0. The third-order valence-electron chi connectivity index (χ3n) is 6.23. The summed E-state index contributed by atoms with van der Waals surface area (Å²) in [4.78, 5) is 35.0. The lowest BCUT2D eigenvalue weighted by Gasteiger charge is -2.31. The molecule has 1 aliphatic heterocycles. The molecule has 1 N–H and O–H groups in total. The van der Waals surface area contributed by atoms with Crippen LogP contribution in [0.25, 0.3) is 11.2 Å². The van der Waals surface area contributed by atoms with Gasteiger partial charge in [-0.2, -0.15) is 0 Å². The molecular weight excluding hydrogens is 468 g/mol. The molecule has 1 aliphatic rings. The van der Waals surface area contributed by atoms with Gasteiger partial charge in [0.05, 0.1) is 23.7 Å². The second-order valence-corrected chi connectivity index (χ2v) is 8.90. The summed E-state index contributed by atoms with van der Waals surface area (Å²) in [6.07, 6.45) is 1.37. The summed E-state index contributed by atoms with van der Waals surface area (Å²) in [5, 5.41) is 8.65. The van der Waals surface area contributed by atoms with Crippen molar-refractivity contribution in [3.05, 3.63) is 80.9 Å². The number of amides is 1. The minimum atomic E-state index is -0.308. The van der Waals surface area contributed by atoms with Gasteiger partial charge in [-0.3, -0.25) is 9.59 Å². The predicted octanol–water partition coefficient (Wildman–Crippen LogP) is 3.63. The second kappa shape index (κ2) is 9.87. The van der Waals surface area contributed by atoms with Gasteiger partial charge in [-0.05, 0) is 49.6 Å². The molecule has 0 bridgehead atoms. The molecule has 35 heavy (non-hydrogen) atoms. The fourth-order valence-electron chi connectivity index (χ4n) is 4.37. The van der Waals surface area contributed by atoms with Crippen molar-refractivity contribution in [1.29, 1.82) is 0 Å². The lowest BCUT2D eigenvalue weighted by atomic mass is 9.95. The van der Waals surface area contributed by atoms with Gasteiger partial charge in [0.1, 0.15) is 11.6 Å². The van der Waals surface area contributed by atoms with E-state index in [4.69, 9.17) is 21.3 Å². The highest BCUT2D eigenvalue weighted by atomic mass is 35.5. The maximum absolute atomic E-state index is 12.9. The van der Waals surface area contributed by atoms with Gasteiger partial charge in [-0.1, -0.05) is 41.1 Å². The van der Waals surface area contributed by atoms with Crippen LogP contribution in [-0.4, -0.2) is 55.5 Å². The normalized spacial score (nSPS) is 14.4. The van der Waals surface area contributed by atoms with E-state index in [9.17, 15) is 9.59 Å². The van der Waals surface area contributed by atoms with Crippen LogP contribution in [-0.2, 0) is 6.54 Å². The summed E-state index contributed by atoms with van der Waals surface area (Å²) in [5.41, 5.74) is 1.86. The lowest BCUT2D eigenvalue weighted by molar-refractivity contribution is 0.0711. The molecule has 1 fully saturated rings. The fraction of sp³-hybridized carbons (Fsp3) is 0.320. The molecule has 4 aromatic rings. The van der Waals surface area contributed by atoms with Crippen molar-refractivity contribution in [2.75, 3.05) is 19.7 Å². The van der Waals surface area contributed by atoms with Crippen molar-refractivity contribution < 1.29 is 9.53 Å². The summed E-state index contributed by atoms with van der Waals surface area (Å²) in [7, 11) is 0. The van der Waals surface area contributed by atoms with E-state index in [2.05, 4.69) is 15.3 Å². The summed E-state index contributed by atoms with van der Waals surface area (Å²) < 4.78 is 7.13. The zero-order chi connectivity index (χ0) is 24.4. The number of halogens is 1. The third kappa shape index (κ3) is 4.77. The van der Waals surface area contributed by atoms with Crippen LogP contribution in [0.4, 0.5) is 0 Å². The number of likely N-dealkylation sites (tertiary alicyclic amines) is 1. The number of aromatic nitrogens is 5. The average Bonchev–Trinajstić information content (AvgIpc) is 3.28. The number of hydrogen-bond acceptors (Lipinski definition) is 6. The van der Waals surface area contributed by atoms with Crippen LogP contribution in [0.2, 0.25) is 5.02 Å². The standard InChI is InChI=1S/C25H25ClN6O3/c1-2-35-18-9-7-16(8-10-18)15-32-23-21(29-30-32)24(33)28-22(27-23)17-11-13-31(14-12-17)25(34)19-5-3-4-6-20(19)26/h3-10,17H,2,11-15H2,1H3,(H,27,28,33). The Labute approximate surface area is 206 Å². The number of ether oxygens (including phenoxy) is 1. The van der Waals surface area contributed by atoms with Crippen molar-refractivity contribution in [1.82, 2.24) is 29.9 Å². The Morgan fingerprint density at radius 1 is 1.14 bits per heavy atom. The smallest absolute Gasteiger partial charge is 0.281 e. The minimum absolute atomic E-state index is 0.0243. The van der Waals surface area contributed by atoms with Crippen molar-refractivity contribution in [3.8, 4) is 5.75 Å². The number of carbonyl (C=O) groups excluding carboxylic acids is 1. The zero-order valence-electron chi connectivity index (χ0n) is 19.3. The lowest BCUT2D eigenvalue weighted by Crippen LogP contribution is -2.38. The van der Waals surface area contributed by atoms with Crippen molar-refractivity contribution in [2.24, 2.45) is 0 Å². The van der Waals surface area contributed by atoms with E-state index in [-0.39, 0.29) is 22.9 Å². The Morgan fingerprint density at radius 2 is 1.89 bits per heavy atom. The second-order valence-electron chi connectivity index (χ2n) is 8.49. The fourth-order valence-corrected chi connectivity index (χ4v) is 4.59. The number of rotatable bonds is 6. The van der Waals surface area contributed by atoms with Crippen LogP contribution in [0.1, 0.15) is 47.4 Å². The molecular formula is C25H25ClN6O3. The molecule has 0 radical (unpaired) electrons. The molecule has 1 saturated heterocycles. The number of fused-ring (bicyclic) bond motifs is 1. The molecule has 0 aliphatic carbocycles. The molecule has 0 atom stereocenters. The number of aromatic amines is 1. The van der Waals surface area contributed by atoms with Gasteiger partial charge in [0, 0.05) is 19.0 Å². The maximum atomic E-state index is 12.9. The highest BCUT2D eigenvalue weighted by Crippen LogP contribution is 2.28. The summed E-state index contributed by atoms with van der Waals surface area (Å²) >= 11 is 6.20. The molecule has 0 spiro atoms. The first-order valence-electron chi connectivity index (χ1n) is 11.6. The highest BCUT2D eigenvalue weighted by molar-refractivity contribution is 6.33. The van der Waals surface area contributed by atoms with E-state index in [0.29, 0.717) is 61.1 Å². The Balaban J connectivity index is 1.33. The number of carbonyl (C=O) groups is 1. The van der Waals surface area contributed by atoms with Crippen molar-refractivity contribution >= 4 is 28.7 Å². The molecule has 2 aromatic carbocycles. The molecule has 10 heteroatoms. The van der Waals surface area contributed by atoms with E-state index in [1.54, 1.807) is 33.8 Å². The largest absolute Gasteiger partial charge is 0.494 e. The molecule has 5 rings (SSSR count). The van der Waals surface area contributed by atoms with Gasteiger partial charge >= 0.3 is 0 Å². The molecule has 9 nitrogen and oxygen atoms in total. The van der Waals surface area contributed by atoms with Gasteiger partial charge in [0.2, 0.25) is 0 Å². The van der Waals surface area contributed by atoms with Crippen molar-refractivity contribution in [3.63, 3.8) is 0 Å². The van der Waals surface area contributed by atoms with Gasteiger partial charge in [-0.25, -0.2) is 9.67 Å². The SMILES string of the molecule is CCOc1ccc(Cn2nnc3c(=O)[nH]c(C4CCN(C(=O)c5ccccc5Cl)CC4)nc32)cc1. The summed E-state index contributed by atoms with van der Waals surface area (Å²) in [5.74, 6) is 1.35. The van der Waals surface area contributed by atoms with Crippen LogP contribution < -0.4 is 10.3 Å². The number of nitrogens with zero attached hydrogens (tertiary/aromatic N) is 5. The number of hydrogen-bond donors (Lipinski definition) is 1. The van der Waals surface area contributed by atoms with E-state index < -0.39 is 0 Å². The van der Waals surface area contributed by atoms with E-state index >= 15 is 0 Å². The summed E-state index contributed by atoms with van der Waals surface area (Å²) in [6, 6.07) is 14.8. The van der Waals surface area contributed by atoms with Crippen LogP contribution in [0.3, 0.4) is 0 Å². The summed E-state index contributed by atoms with van der Waals surface area (Å²) in [6.45, 7) is 4.09. The van der Waals surface area contributed by atoms with Gasteiger partial charge in [0.15, 0.2) is 11.2 Å². The van der Waals surface area contributed by atoms with E-state index in [1.807, 2.05) is 31.2 Å². The zero-order valence-corrected chi connectivity index (χ0v) is 20.0.